The Hall–Kier alpha value is -0.930. The zero-order valence-corrected chi connectivity index (χ0v) is 11.2. The Bertz CT molecular complexity index is 455. The highest BCUT2D eigenvalue weighted by atomic mass is 35.5. The second-order valence-electron chi connectivity index (χ2n) is 4.90. The van der Waals surface area contributed by atoms with Gasteiger partial charge in [-0.1, -0.05) is 18.5 Å². The average molecular weight is 270 g/mol. The summed E-state index contributed by atoms with van der Waals surface area (Å²) in [6.45, 7) is 3.61. The predicted molar refractivity (Wildman–Crippen MR) is 70.3 cm³/mol. The molecule has 1 aromatic rings. The van der Waals surface area contributed by atoms with E-state index in [9.17, 15) is 9.18 Å². The van der Waals surface area contributed by atoms with Crippen molar-refractivity contribution in [3.8, 4) is 0 Å². The van der Waals surface area contributed by atoms with Crippen molar-refractivity contribution < 1.29 is 9.18 Å². The molecule has 98 valence electrons. The maximum atomic E-state index is 13.2. The van der Waals surface area contributed by atoms with E-state index < -0.39 is 0 Å². The van der Waals surface area contributed by atoms with Gasteiger partial charge in [0.2, 0.25) is 0 Å². The van der Waals surface area contributed by atoms with Crippen molar-refractivity contribution in [3.05, 3.63) is 34.6 Å². The Kier molecular flexibility index (Phi) is 4.03. The molecule has 1 fully saturated rings. The van der Waals surface area contributed by atoms with Crippen LogP contribution in [0, 0.1) is 11.2 Å². The molecule has 1 atom stereocenters. The van der Waals surface area contributed by atoms with E-state index in [1.54, 1.807) is 0 Å². The van der Waals surface area contributed by atoms with Crippen molar-refractivity contribution in [2.45, 2.75) is 26.2 Å². The van der Waals surface area contributed by atoms with Gasteiger partial charge in [0, 0.05) is 23.4 Å². The quantitative estimate of drug-likeness (QED) is 0.910. The Labute approximate surface area is 112 Å². The molecular formula is C14H17ClFNO. The Morgan fingerprint density at radius 2 is 2.33 bits per heavy atom. The van der Waals surface area contributed by atoms with E-state index in [-0.39, 0.29) is 23.4 Å². The molecule has 0 radical (unpaired) electrons. The second-order valence-corrected chi connectivity index (χ2v) is 5.30. The molecule has 1 heterocycles. The van der Waals surface area contributed by atoms with Crippen molar-refractivity contribution in [3.63, 3.8) is 0 Å². The van der Waals surface area contributed by atoms with Crippen LogP contribution in [0.1, 0.15) is 25.3 Å². The lowest BCUT2D eigenvalue weighted by Crippen LogP contribution is -2.34. The third kappa shape index (κ3) is 2.57. The van der Waals surface area contributed by atoms with Crippen molar-refractivity contribution in [1.29, 1.82) is 0 Å². The largest absolute Gasteiger partial charge is 0.316 e. The summed E-state index contributed by atoms with van der Waals surface area (Å²) in [5, 5.41) is 3.69. The summed E-state index contributed by atoms with van der Waals surface area (Å²) in [5.41, 5.74) is 0.289. The van der Waals surface area contributed by atoms with Crippen molar-refractivity contribution >= 4 is 17.4 Å². The fourth-order valence-electron chi connectivity index (χ4n) is 2.52. The summed E-state index contributed by atoms with van der Waals surface area (Å²) >= 11 is 6.00. The molecule has 1 unspecified atom stereocenters. The van der Waals surface area contributed by atoms with Crippen LogP contribution in [0.4, 0.5) is 4.39 Å². The van der Waals surface area contributed by atoms with Gasteiger partial charge in [-0.05, 0) is 43.1 Å². The minimum absolute atomic E-state index is 0.155. The van der Waals surface area contributed by atoms with Crippen LogP contribution >= 0.6 is 11.6 Å². The van der Waals surface area contributed by atoms with E-state index >= 15 is 0 Å². The van der Waals surface area contributed by atoms with Gasteiger partial charge in [-0.15, -0.1) is 0 Å². The van der Waals surface area contributed by atoms with Crippen LogP contribution in [0.25, 0.3) is 0 Å². The maximum absolute atomic E-state index is 13.2. The number of hydrogen-bond acceptors (Lipinski definition) is 2. The van der Waals surface area contributed by atoms with Crippen molar-refractivity contribution in [2.24, 2.45) is 5.41 Å². The summed E-state index contributed by atoms with van der Waals surface area (Å²) in [6, 6.07) is 4.17. The number of halogens is 2. The van der Waals surface area contributed by atoms with Crippen LogP contribution in [0.5, 0.6) is 0 Å². The van der Waals surface area contributed by atoms with Gasteiger partial charge in [0.15, 0.2) is 0 Å². The zero-order chi connectivity index (χ0) is 13.2. The molecule has 2 rings (SSSR count). The van der Waals surface area contributed by atoms with Gasteiger partial charge in [0.25, 0.3) is 0 Å². The van der Waals surface area contributed by atoms with Crippen LogP contribution < -0.4 is 5.32 Å². The third-order valence-corrected chi connectivity index (χ3v) is 4.24. The number of ketones is 1. The molecule has 1 saturated heterocycles. The van der Waals surface area contributed by atoms with Crippen LogP contribution in [0.2, 0.25) is 5.02 Å². The number of carbonyl (C=O) groups excluding carboxylic acids is 1. The van der Waals surface area contributed by atoms with Crippen LogP contribution in [0.3, 0.4) is 0 Å². The molecule has 1 aliphatic heterocycles. The summed E-state index contributed by atoms with van der Waals surface area (Å²) in [5.74, 6) is -0.195. The third-order valence-electron chi connectivity index (χ3n) is 3.87. The fourth-order valence-corrected chi connectivity index (χ4v) is 2.70. The number of rotatable bonds is 4. The topological polar surface area (TPSA) is 29.1 Å². The Morgan fingerprint density at radius 1 is 1.56 bits per heavy atom. The molecule has 1 aliphatic rings. The molecular weight excluding hydrogens is 253 g/mol. The molecule has 0 bridgehead atoms. The Morgan fingerprint density at radius 3 is 2.94 bits per heavy atom. The van der Waals surface area contributed by atoms with Crippen LogP contribution in [-0.2, 0) is 11.2 Å². The van der Waals surface area contributed by atoms with Gasteiger partial charge in [-0.2, -0.15) is 0 Å². The number of hydrogen-bond donors (Lipinski definition) is 1. The molecule has 18 heavy (non-hydrogen) atoms. The van der Waals surface area contributed by atoms with Gasteiger partial charge >= 0.3 is 0 Å². The highest BCUT2D eigenvalue weighted by molar-refractivity contribution is 6.31. The van der Waals surface area contributed by atoms with Gasteiger partial charge < -0.3 is 5.32 Å². The maximum Gasteiger partial charge on any atom is 0.144 e. The standard InChI is InChI=1S/C14H17ClFNO/c1-2-14(5-6-17-9-14)13(18)8-10-7-11(16)3-4-12(10)15/h3-4,7,17H,2,5-6,8-9H2,1H3. The summed E-state index contributed by atoms with van der Waals surface area (Å²) in [4.78, 5) is 12.4. The van der Waals surface area contributed by atoms with Crippen LogP contribution in [-0.4, -0.2) is 18.9 Å². The molecule has 1 N–H and O–H groups in total. The second kappa shape index (κ2) is 5.37. The van der Waals surface area contributed by atoms with Gasteiger partial charge in [-0.3, -0.25) is 4.79 Å². The highest BCUT2D eigenvalue weighted by Gasteiger charge is 2.38. The van der Waals surface area contributed by atoms with Gasteiger partial charge in [0.05, 0.1) is 0 Å². The van der Waals surface area contributed by atoms with E-state index in [1.165, 1.54) is 18.2 Å². The fraction of sp³-hybridized carbons (Fsp3) is 0.500. The predicted octanol–water partition coefficient (Wildman–Crippen LogP) is 2.98. The summed E-state index contributed by atoms with van der Waals surface area (Å²) in [6.07, 6.45) is 1.88. The van der Waals surface area contributed by atoms with E-state index in [1.807, 2.05) is 6.92 Å². The van der Waals surface area contributed by atoms with Gasteiger partial charge in [0.1, 0.15) is 11.6 Å². The average Bonchev–Trinajstić information content (AvgIpc) is 2.84. The monoisotopic (exact) mass is 269 g/mol. The van der Waals surface area contributed by atoms with Crippen LogP contribution in [0.15, 0.2) is 18.2 Å². The molecule has 0 aliphatic carbocycles. The Balaban J connectivity index is 2.18. The molecule has 0 amide bonds. The first-order chi connectivity index (χ1) is 8.57. The first-order valence-corrected chi connectivity index (χ1v) is 6.63. The number of nitrogens with one attached hydrogen (secondary N) is 1. The molecule has 4 heteroatoms. The minimum Gasteiger partial charge on any atom is -0.316 e. The number of carbonyl (C=O) groups is 1. The molecule has 2 nitrogen and oxygen atoms in total. The van der Waals surface area contributed by atoms with E-state index in [2.05, 4.69) is 5.32 Å². The number of benzene rings is 1. The normalized spacial score (nSPS) is 23.3. The molecule has 0 spiro atoms. The van der Waals surface area contributed by atoms with E-state index in [4.69, 9.17) is 11.6 Å². The first-order valence-electron chi connectivity index (χ1n) is 6.25. The van der Waals surface area contributed by atoms with E-state index in [0.29, 0.717) is 10.6 Å². The summed E-state index contributed by atoms with van der Waals surface area (Å²) < 4.78 is 13.2. The first kappa shape index (κ1) is 13.5. The molecule has 1 aromatic carbocycles. The minimum atomic E-state index is -0.350. The lowest BCUT2D eigenvalue weighted by atomic mass is 9.78. The number of Topliss-reactive ketones (excluding diaryl/α,β-unsaturated/α-hetero) is 1. The van der Waals surface area contributed by atoms with E-state index in [0.717, 1.165) is 25.9 Å². The smallest absolute Gasteiger partial charge is 0.144 e. The molecule has 0 aromatic heterocycles. The lowest BCUT2D eigenvalue weighted by molar-refractivity contribution is -0.127. The van der Waals surface area contributed by atoms with Gasteiger partial charge in [-0.25, -0.2) is 4.39 Å². The highest BCUT2D eigenvalue weighted by Crippen LogP contribution is 2.32. The van der Waals surface area contributed by atoms with Crippen molar-refractivity contribution in [1.82, 2.24) is 5.32 Å². The summed E-state index contributed by atoms with van der Waals surface area (Å²) in [7, 11) is 0. The van der Waals surface area contributed by atoms with Crippen molar-refractivity contribution in [2.75, 3.05) is 13.1 Å². The SMILES string of the molecule is CCC1(C(=O)Cc2cc(F)ccc2Cl)CCNC1. The zero-order valence-electron chi connectivity index (χ0n) is 10.4. The lowest BCUT2D eigenvalue weighted by Gasteiger charge is -2.25. The molecule has 0 saturated carbocycles.